The largest absolute Gasteiger partial charge is 0.361 e. The quantitative estimate of drug-likeness (QED) is 0.812. The number of amides is 2. The van der Waals surface area contributed by atoms with Crippen LogP contribution >= 0.6 is 0 Å². The molecule has 0 unspecified atom stereocenters. The van der Waals surface area contributed by atoms with Gasteiger partial charge in [0, 0.05) is 51.3 Å². The second kappa shape index (κ2) is 8.82. The minimum Gasteiger partial charge on any atom is -0.361 e. The van der Waals surface area contributed by atoms with Crippen LogP contribution in [0.4, 0.5) is 0 Å². The monoisotopic (exact) mass is 336 g/mol. The van der Waals surface area contributed by atoms with Crippen molar-refractivity contribution in [3.05, 3.63) is 17.5 Å². The summed E-state index contributed by atoms with van der Waals surface area (Å²) in [7, 11) is 0. The van der Waals surface area contributed by atoms with E-state index in [9.17, 15) is 9.59 Å². The Morgan fingerprint density at radius 3 is 2.46 bits per heavy atom. The number of rotatable bonds is 7. The number of hydrogen-bond acceptors (Lipinski definition) is 5. The normalized spacial score (nSPS) is 15.8. The number of nitrogens with one attached hydrogen (secondary N) is 1. The fourth-order valence-electron chi connectivity index (χ4n) is 2.94. The van der Waals surface area contributed by atoms with Crippen LogP contribution in [-0.2, 0) is 4.79 Å². The molecule has 7 nitrogen and oxygen atoms in total. The van der Waals surface area contributed by atoms with Crippen LogP contribution in [0.3, 0.4) is 0 Å². The van der Waals surface area contributed by atoms with Crippen molar-refractivity contribution in [2.45, 2.75) is 33.6 Å². The highest BCUT2D eigenvalue weighted by Gasteiger charge is 2.24. The van der Waals surface area contributed by atoms with E-state index >= 15 is 0 Å². The van der Waals surface area contributed by atoms with Crippen LogP contribution in [0.1, 0.15) is 42.9 Å². The number of piperazine rings is 1. The lowest BCUT2D eigenvalue weighted by atomic mass is 10.0. The molecule has 134 valence electrons. The maximum Gasteiger partial charge on any atom is 0.276 e. The van der Waals surface area contributed by atoms with Crippen molar-refractivity contribution in [3.63, 3.8) is 0 Å². The summed E-state index contributed by atoms with van der Waals surface area (Å²) in [4.78, 5) is 28.3. The molecule has 1 aromatic rings. The number of hydrogen-bond donors (Lipinski definition) is 1. The van der Waals surface area contributed by atoms with Gasteiger partial charge in [0.1, 0.15) is 5.76 Å². The second-order valence-corrected chi connectivity index (χ2v) is 6.26. The minimum absolute atomic E-state index is 0.0754. The van der Waals surface area contributed by atoms with Crippen molar-refractivity contribution < 1.29 is 14.1 Å². The van der Waals surface area contributed by atoms with Crippen LogP contribution in [0.2, 0.25) is 0 Å². The molecule has 1 fully saturated rings. The lowest BCUT2D eigenvalue weighted by Crippen LogP contribution is -2.50. The summed E-state index contributed by atoms with van der Waals surface area (Å²) >= 11 is 0. The second-order valence-electron chi connectivity index (χ2n) is 6.26. The van der Waals surface area contributed by atoms with Gasteiger partial charge in [-0.15, -0.1) is 0 Å². The van der Waals surface area contributed by atoms with Gasteiger partial charge in [0.05, 0.1) is 0 Å². The topological polar surface area (TPSA) is 78.7 Å². The van der Waals surface area contributed by atoms with E-state index in [1.54, 1.807) is 17.9 Å². The van der Waals surface area contributed by atoms with E-state index in [0.717, 1.165) is 32.5 Å². The Morgan fingerprint density at radius 2 is 1.92 bits per heavy atom. The van der Waals surface area contributed by atoms with Gasteiger partial charge in [-0.05, 0) is 19.8 Å². The molecule has 1 aromatic heterocycles. The molecule has 24 heavy (non-hydrogen) atoms. The molecule has 0 bridgehead atoms. The highest BCUT2D eigenvalue weighted by atomic mass is 16.5. The Bertz CT molecular complexity index is 546. The lowest BCUT2D eigenvalue weighted by Gasteiger charge is -2.34. The lowest BCUT2D eigenvalue weighted by molar-refractivity contribution is -0.125. The fourth-order valence-corrected chi connectivity index (χ4v) is 2.94. The molecule has 2 heterocycles. The molecule has 0 radical (unpaired) electrons. The summed E-state index contributed by atoms with van der Waals surface area (Å²) < 4.78 is 4.96. The predicted molar refractivity (Wildman–Crippen MR) is 90.7 cm³/mol. The first kappa shape index (κ1) is 18.4. The van der Waals surface area contributed by atoms with Crippen molar-refractivity contribution in [2.75, 3.05) is 39.3 Å². The van der Waals surface area contributed by atoms with E-state index in [2.05, 4.69) is 15.4 Å². The fraction of sp³-hybridized carbons (Fsp3) is 0.706. The number of nitrogens with zero attached hydrogens (tertiary/aromatic N) is 3. The maximum absolute atomic E-state index is 12.3. The Morgan fingerprint density at radius 1 is 1.25 bits per heavy atom. The Hall–Kier alpha value is -1.89. The van der Waals surface area contributed by atoms with E-state index in [1.165, 1.54) is 0 Å². The van der Waals surface area contributed by atoms with Gasteiger partial charge in [-0.2, -0.15) is 0 Å². The van der Waals surface area contributed by atoms with Gasteiger partial charge in [0.25, 0.3) is 5.91 Å². The van der Waals surface area contributed by atoms with Gasteiger partial charge in [-0.1, -0.05) is 19.0 Å². The molecule has 7 heteroatoms. The van der Waals surface area contributed by atoms with Crippen molar-refractivity contribution in [2.24, 2.45) is 5.92 Å². The van der Waals surface area contributed by atoms with Crippen LogP contribution in [0, 0.1) is 12.8 Å². The van der Waals surface area contributed by atoms with Crippen LogP contribution in [0.15, 0.2) is 10.6 Å². The molecule has 0 aliphatic carbocycles. The zero-order valence-corrected chi connectivity index (χ0v) is 14.9. The molecule has 0 spiro atoms. The maximum atomic E-state index is 12.3. The van der Waals surface area contributed by atoms with E-state index in [0.29, 0.717) is 31.1 Å². The Balaban J connectivity index is 1.69. The first-order chi connectivity index (χ1) is 11.5. The zero-order chi connectivity index (χ0) is 17.5. The number of aryl methyl sites for hydroxylation is 1. The molecule has 2 rings (SSSR count). The SMILES string of the molecule is CCC(CC)C(=O)NCCN1CCN(C(=O)c2cc(C)on2)CC1. The number of aromatic nitrogens is 1. The summed E-state index contributed by atoms with van der Waals surface area (Å²) in [5, 5.41) is 6.80. The van der Waals surface area contributed by atoms with Gasteiger partial charge < -0.3 is 14.7 Å². The van der Waals surface area contributed by atoms with Crippen molar-refractivity contribution in [1.29, 1.82) is 0 Å². The standard InChI is InChI=1S/C17H28N4O3/c1-4-14(5-2)16(22)18-6-7-20-8-10-21(11-9-20)17(23)15-12-13(3)24-19-15/h12,14H,4-11H2,1-3H3,(H,18,22). The third-order valence-electron chi connectivity index (χ3n) is 4.59. The Labute approximate surface area is 143 Å². The van der Waals surface area contributed by atoms with E-state index < -0.39 is 0 Å². The van der Waals surface area contributed by atoms with Crippen LogP contribution in [0.5, 0.6) is 0 Å². The average Bonchev–Trinajstić information content (AvgIpc) is 3.02. The van der Waals surface area contributed by atoms with E-state index in [-0.39, 0.29) is 17.7 Å². The summed E-state index contributed by atoms with van der Waals surface area (Å²) in [6.45, 7) is 10.3. The van der Waals surface area contributed by atoms with Crippen molar-refractivity contribution in [3.8, 4) is 0 Å². The van der Waals surface area contributed by atoms with E-state index in [4.69, 9.17) is 4.52 Å². The molecule has 0 aromatic carbocycles. The summed E-state index contributed by atoms with van der Waals surface area (Å²) in [5.74, 6) is 0.833. The van der Waals surface area contributed by atoms with Gasteiger partial charge in [-0.3, -0.25) is 14.5 Å². The van der Waals surface area contributed by atoms with Gasteiger partial charge in [-0.25, -0.2) is 0 Å². The van der Waals surface area contributed by atoms with Gasteiger partial charge in [0.2, 0.25) is 5.91 Å². The molecule has 1 aliphatic rings. The molecule has 0 atom stereocenters. The Kier molecular flexibility index (Phi) is 6.78. The first-order valence-electron chi connectivity index (χ1n) is 8.77. The highest BCUT2D eigenvalue weighted by molar-refractivity contribution is 5.92. The molecular formula is C17H28N4O3. The molecule has 1 N–H and O–H groups in total. The highest BCUT2D eigenvalue weighted by Crippen LogP contribution is 2.09. The third-order valence-corrected chi connectivity index (χ3v) is 4.59. The summed E-state index contributed by atoms with van der Waals surface area (Å²) in [5.41, 5.74) is 0.374. The van der Waals surface area contributed by atoms with Crippen LogP contribution < -0.4 is 5.32 Å². The molecule has 1 aliphatic heterocycles. The first-order valence-corrected chi connectivity index (χ1v) is 8.77. The van der Waals surface area contributed by atoms with Crippen molar-refractivity contribution >= 4 is 11.8 Å². The van der Waals surface area contributed by atoms with Crippen LogP contribution in [0.25, 0.3) is 0 Å². The number of carbonyl (C=O) groups excluding carboxylic acids is 2. The zero-order valence-electron chi connectivity index (χ0n) is 14.9. The molecule has 1 saturated heterocycles. The molecule has 2 amide bonds. The predicted octanol–water partition coefficient (Wildman–Crippen LogP) is 1.29. The van der Waals surface area contributed by atoms with Gasteiger partial charge in [0.15, 0.2) is 5.69 Å². The molecular weight excluding hydrogens is 308 g/mol. The smallest absolute Gasteiger partial charge is 0.276 e. The average molecular weight is 336 g/mol. The minimum atomic E-state index is -0.0754. The number of carbonyl (C=O) groups is 2. The third kappa shape index (κ3) is 4.80. The van der Waals surface area contributed by atoms with Crippen LogP contribution in [-0.4, -0.2) is 66.0 Å². The summed E-state index contributed by atoms with van der Waals surface area (Å²) in [6.07, 6.45) is 1.76. The van der Waals surface area contributed by atoms with Crippen molar-refractivity contribution in [1.82, 2.24) is 20.3 Å². The molecule has 0 saturated carbocycles. The van der Waals surface area contributed by atoms with E-state index in [1.807, 2.05) is 13.8 Å². The van der Waals surface area contributed by atoms with Gasteiger partial charge >= 0.3 is 0 Å². The summed E-state index contributed by atoms with van der Waals surface area (Å²) in [6, 6.07) is 1.67.